The van der Waals surface area contributed by atoms with Crippen molar-refractivity contribution >= 4 is 0 Å². The number of hydrogen-bond acceptors (Lipinski definition) is 0. The number of rotatable bonds is 2. The van der Waals surface area contributed by atoms with Crippen LogP contribution in [0.25, 0.3) is 0 Å². The molecule has 0 saturated heterocycles. The van der Waals surface area contributed by atoms with Gasteiger partial charge in [-0.2, -0.15) is 12.2 Å². The summed E-state index contributed by atoms with van der Waals surface area (Å²) >= 11 is 0. The SMILES string of the molecule is CC(C)C1=[C-]CC=C1.CC(C)C1=[C-]CC=C1.[H-].[Re]. The van der Waals surface area contributed by atoms with E-state index in [0.29, 0.717) is 11.8 Å². The molecule has 0 aromatic heterocycles. The summed E-state index contributed by atoms with van der Waals surface area (Å²) in [5.41, 5.74) is 2.73. The Kier molecular flexibility index (Phi) is 8.48. The second kappa shape index (κ2) is 8.68. The van der Waals surface area contributed by atoms with E-state index in [-0.39, 0.29) is 21.8 Å². The summed E-state index contributed by atoms with van der Waals surface area (Å²) in [5, 5.41) is 0. The maximum atomic E-state index is 3.26. The Morgan fingerprint density at radius 3 is 1.35 bits per heavy atom. The molecule has 0 aromatic carbocycles. The normalized spacial score (nSPS) is 16.6. The van der Waals surface area contributed by atoms with Gasteiger partial charge in [-0.05, 0) is 0 Å². The van der Waals surface area contributed by atoms with E-state index in [4.69, 9.17) is 0 Å². The monoisotopic (exact) mass is 402 g/mol. The molecule has 0 amide bonds. The van der Waals surface area contributed by atoms with Crippen LogP contribution in [-0.4, -0.2) is 0 Å². The molecule has 0 aromatic rings. The molecule has 0 atom stereocenters. The third-order valence-corrected chi connectivity index (χ3v) is 2.69. The van der Waals surface area contributed by atoms with Gasteiger partial charge in [0, 0.05) is 20.4 Å². The summed E-state index contributed by atoms with van der Waals surface area (Å²) in [5.74, 6) is 1.32. The van der Waals surface area contributed by atoms with E-state index < -0.39 is 0 Å². The predicted molar refractivity (Wildman–Crippen MR) is 71.8 cm³/mol. The summed E-state index contributed by atoms with van der Waals surface area (Å²) < 4.78 is 0. The first-order chi connectivity index (χ1) is 7.61. The first-order valence-corrected chi connectivity index (χ1v) is 6.15. The minimum absolute atomic E-state index is 0. The molecule has 2 aliphatic carbocycles. The van der Waals surface area contributed by atoms with Gasteiger partial charge in [-0.3, -0.25) is 12.2 Å². The summed E-state index contributed by atoms with van der Waals surface area (Å²) in [4.78, 5) is 0. The van der Waals surface area contributed by atoms with Gasteiger partial charge in [0.05, 0.1) is 0 Å². The zero-order valence-corrected chi connectivity index (χ0v) is 14.0. The van der Waals surface area contributed by atoms with Crippen molar-refractivity contribution in [1.29, 1.82) is 0 Å². The van der Waals surface area contributed by atoms with Crippen molar-refractivity contribution in [3.63, 3.8) is 0 Å². The molecule has 0 nitrogen and oxygen atoms in total. The van der Waals surface area contributed by atoms with Gasteiger partial charge in [-0.1, -0.05) is 39.5 Å². The summed E-state index contributed by atoms with van der Waals surface area (Å²) in [6, 6.07) is 0. The molecule has 0 heterocycles. The van der Waals surface area contributed by atoms with Crippen LogP contribution >= 0.6 is 0 Å². The van der Waals surface area contributed by atoms with Gasteiger partial charge in [-0.25, -0.2) is 23.3 Å². The molecule has 0 aliphatic heterocycles. The van der Waals surface area contributed by atoms with E-state index in [1.165, 1.54) is 11.1 Å². The topological polar surface area (TPSA) is 0 Å². The Morgan fingerprint density at radius 2 is 1.24 bits per heavy atom. The Labute approximate surface area is 122 Å². The molecular formula is C16H23Re-3. The van der Waals surface area contributed by atoms with E-state index in [0.717, 1.165) is 12.8 Å². The Balaban J connectivity index is 0. The van der Waals surface area contributed by atoms with Crippen LogP contribution < -0.4 is 0 Å². The van der Waals surface area contributed by atoms with Crippen LogP contribution in [-0.2, 0) is 20.4 Å². The minimum atomic E-state index is 0. The van der Waals surface area contributed by atoms with Crippen LogP contribution in [0.2, 0.25) is 0 Å². The van der Waals surface area contributed by atoms with Gasteiger partial charge < -0.3 is 1.43 Å². The van der Waals surface area contributed by atoms with Gasteiger partial charge in [0.2, 0.25) is 0 Å². The molecule has 0 N–H and O–H groups in total. The van der Waals surface area contributed by atoms with Gasteiger partial charge in [0.25, 0.3) is 0 Å². The Bertz CT molecular complexity index is 299. The minimum Gasteiger partial charge on any atom is -1.00 e. The van der Waals surface area contributed by atoms with Crippen molar-refractivity contribution in [2.24, 2.45) is 11.8 Å². The maximum Gasteiger partial charge on any atom is 0 e. The van der Waals surface area contributed by atoms with Crippen LogP contribution in [0, 0.1) is 24.0 Å². The van der Waals surface area contributed by atoms with Gasteiger partial charge in [0.1, 0.15) is 0 Å². The Morgan fingerprint density at radius 1 is 0.882 bits per heavy atom. The standard InChI is InChI=1S/2C8H11.Re.H/c2*1-7(2)8-5-3-4-6-8;;/h2*3,5,7H,4H2,1-2H3;;/q2*-1;;-1. The molecular weight excluding hydrogens is 378 g/mol. The van der Waals surface area contributed by atoms with Crippen LogP contribution in [0.1, 0.15) is 42.0 Å². The molecule has 97 valence electrons. The summed E-state index contributed by atoms with van der Waals surface area (Å²) in [6.07, 6.45) is 17.2. The molecule has 0 fully saturated rings. The molecule has 0 saturated carbocycles. The van der Waals surface area contributed by atoms with E-state index in [2.05, 4.69) is 64.2 Å². The Hall–Kier alpha value is -0.378. The van der Waals surface area contributed by atoms with E-state index in [1.54, 1.807) is 0 Å². The molecule has 1 radical (unpaired) electrons. The maximum absolute atomic E-state index is 3.26. The van der Waals surface area contributed by atoms with Crippen molar-refractivity contribution in [2.45, 2.75) is 40.5 Å². The first kappa shape index (κ1) is 16.6. The third kappa shape index (κ3) is 6.20. The number of allylic oxidation sites excluding steroid dienone is 8. The van der Waals surface area contributed by atoms with Crippen LogP contribution in [0.4, 0.5) is 0 Å². The molecule has 0 unspecified atom stereocenters. The van der Waals surface area contributed by atoms with Crippen molar-refractivity contribution in [1.82, 2.24) is 0 Å². The summed E-state index contributed by atoms with van der Waals surface area (Å²) in [6.45, 7) is 8.77. The molecule has 0 bridgehead atoms. The van der Waals surface area contributed by atoms with Crippen molar-refractivity contribution in [2.75, 3.05) is 0 Å². The van der Waals surface area contributed by atoms with Crippen LogP contribution in [0.5, 0.6) is 0 Å². The zero-order chi connectivity index (χ0) is 12.0. The molecule has 2 rings (SSSR count). The molecule has 0 spiro atoms. The molecule has 1 heteroatoms. The number of hydrogen-bond donors (Lipinski definition) is 0. The summed E-state index contributed by atoms with van der Waals surface area (Å²) in [7, 11) is 0. The van der Waals surface area contributed by atoms with Gasteiger partial charge in [-0.15, -0.1) is 12.8 Å². The third-order valence-electron chi connectivity index (χ3n) is 2.69. The van der Waals surface area contributed by atoms with E-state index in [9.17, 15) is 0 Å². The molecule has 17 heavy (non-hydrogen) atoms. The fraction of sp³-hybridized carbons (Fsp3) is 0.500. The largest absolute Gasteiger partial charge is 1.00 e. The second-order valence-corrected chi connectivity index (χ2v) is 4.79. The van der Waals surface area contributed by atoms with Crippen LogP contribution in [0.3, 0.4) is 0 Å². The quantitative estimate of drug-likeness (QED) is 0.585. The van der Waals surface area contributed by atoms with Crippen molar-refractivity contribution in [3.8, 4) is 0 Å². The average Bonchev–Trinajstić information content (AvgIpc) is 2.93. The van der Waals surface area contributed by atoms with Crippen molar-refractivity contribution < 1.29 is 21.8 Å². The fourth-order valence-corrected chi connectivity index (χ4v) is 1.64. The van der Waals surface area contributed by atoms with Gasteiger partial charge >= 0.3 is 0 Å². The fourth-order valence-electron chi connectivity index (χ4n) is 1.64. The van der Waals surface area contributed by atoms with Crippen molar-refractivity contribution in [3.05, 3.63) is 47.6 Å². The average molecular weight is 402 g/mol. The van der Waals surface area contributed by atoms with Crippen LogP contribution in [0.15, 0.2) is 35.5 Å². The second-order valence-electron chi connectivity index (χ2n) is 4.79. The van der Waals surface area contributed by atoms with E-state index in [1.807, 2.05) is 0 Å². The smallest absolute Gasteiger partial charge is 0 e. The van der Waals surface area contributed by atoms with E-state index >= 15 is 0 Å². The first-order valence-electron chi connectivity index (χ1n) is 6.15. The molecule has 2 aliphatic rings. The predicted octanol–water partition coefficient (Wildman–Crippen LogP) is 4.77. The van der Waals surface area contributed by atoms with Gasteiger partial charge in [0.15, 0.2) is 0 Å². The zero-order valence-electron chi connectivity index (χ0n) is 12.3.